The van der Waals surface area contributed by atoms with Crippen molar-refractivity contribution in [2.45, 2.75) is 32.0 Å². The summed E-state index contributed by atoms with van der Waals surface area (Å²) in [5, 5.41) is 13.0. The van der Waals surface area contributed by atoms with Gasteiger partial charge in [0.05, 0.1) is 11.3 Å². The molecular formula is C18H18N2O2. The summed E-state index contributed by atoms with van der Waals surface area (Å²) in [5.74, 6) is 0.376. The average Bonchev–Trinajstić information content (AvgIpc) is 3.33. The second-order valence-corrected chi connectivity index (χ2v) is 6.05. The van der Waals surface area contributed by atoms with Crippen LogP contribution in [0.15, 0.2) is 42.5 Å². The molecule has 0 radical (unpaired) electrons. The number of carbonyl (C=O) groups excluding carboxylic acids is 1. The molecule has 1 atom stereocenters. The Balaban J connectivity index is 1.88. The maximum atomic E-state index is 12.2. The lowest BCUT2D eigenvalue weighted by Crippen LogP contribution is -2.50. The Morgan fingerprint density at radius 1 is 1.14 bits per heavy atom. The largest absolute Gasteiger partial charge is 0.356 e. The van der Waals surface area contributed by atoms with Crippen molar-refractivity contribution >= 4 is 17.3 Å². The minimum atomic E-state index is -1.05. The Hall–Kier alpha value is -2.33. The van der Waals surface area contributed by atoms with Crippen molar-refractivity contribution in [1.29, 1.82) is 0 Å². The summed E-state index contributed by atoms with van der Waals surface area (Å²) in [6.07, 6.45) is 1.37. The van der Waals surface area contributed by atoms with Crippen molar-refractivity contribution in [2.24, 2.45) is 0 Å². The highest BCUT2D eigenvalue weighted by Gasteiger charge is 2.33. The van der Waals surface area contributed by atoms with Gasteiger partial charge in [-0.25, -0.2) is 0 Å². The van der Waals surface area contributed by atoms with E-state index in [9.17, 15) is 9.90 Å². The molecule has 1 aliphatic carbocycles. The first-order valence-corrected chi connectivity index (χ1v) is 7.63. The first kappa shape index (κ1) is 13.3. The van der Waals surface area contributed by atoms with Crippen LogP contribution in [0.3, 0.4) is 0 Å². The molecule has 4 nitrogen and oxygen atoms in total. The van der Waals surface area contributed by atoms with Crippen molar-refractivity contribution in [3.63, 3.8) is 0 Å². The summed E-state index contributed by atoms with van der Waals surface area (Å²) in [6.45, 7) is 2.00. The summed E-state index contributed by atoms with van der Waals surface area (Å²) in [7, 11) is 0. The van der Waals surface area contributed by atoms with E-state index in [-0.39, 0.29) is 5.91 Å². The first-order chi connectivity index (χ1) is 10.6. The molecule has 1 unspecified atom stereocenters. The van der Waals surface area contributed by atoms with E-state index >= 15 is 0 Å². The SMILES string of the molecule is Cc1ccccc1N1c2cc(C3CC3)ccc2C(=O)NC1O. The molecule has 0 bridgehead atoms. The zero-order chi connectivity index (χ0) is 15.3. The number of nitrogens with one attached hydrogen (secondary N) is 1. The van der Waals surface area contributed by atoms with Gasteiger partial charge in [-0.05, 0) is 55.0 Å². The van der Waals surface area contributed by atoms with Crippen molar-refractivity contribution < 1.29 is 9.90 Å². The molecule has 1 saturated carbocycles. The number of aliphatic hydroxyl groups excluding tert-OH is 1. The standard InChI is InChI=1S/C18H18N2O2/c1-11-4-2-3-5-15(11)20-16-10-13(12-6-7-12)8-9-14(16)17(21)19-18(20)22/h2-5,8-10,12,18,22H,6-7H2,1H3,(H,19,21). The number of aliphatic hydroxyl groups is 1. The number of hydrogen-bond acceptors (Lipinski definition) is 3. The van der Waals surface area contributed by atoms with Crippen LogP contribution in [0, 0.1) is 6.92 Å². The molecule has 0 spiro atoms. The van der Waals surface area contributed by atoms with Gasteiger partial charge in [-0.15, -0.1) is 0 Å². The molecule has 4 heteroatoms. The summed E-state index contributed by atoms with van der Waals surface area (Å²) in [5.41, 5.74) is 4.61. The third-order valence-corrected chi connectivity index (χ3v) is 4.45. The lowest BCUT2D eigenvalue weighted by atomic mass is 10.0. The lowest BCUT2D eigenvalue weighted by Gasteiger charge is -2.36. The molecule has 2 aromatic carbocycles. The van der Waals surface area contributed by atoms with Gasteiger partial charge in [0.2, 0.25) is 6.35 Å². The van der Waals surface area contributed by atoms with Gasteiger partial charge in [0.25, 0.3) is 5.91 Å². The minimum absolute atomic E-state index is 0.227. The van der Waals surface area contributed by atoms with Gasteiger partial charge in [0.15, 0.2) is 0 Å². The molecule has 1 amide bonds. The fourth-order valence-electron chi connectivity index (χ4n) is 3.10. The summed E-state index contributed by atoms with van der Waals surface area (Å²) in [4.78, 5) is 14.0. The van der Waals surface area contributed by atoms with Gasteiger partial charge in [0, 0.05) is 5.69 Å². The van der Waals surface area contributed by atoms with Crippen LogP contribution >= 0.6 is 0 Å². The van der Waals surface area contributed by atoms with Crippen molar-refractivity contribution in [2.75, 3.05) is 4.90 Å². The van der Waals surface area contributed by atoms with E-state index in [4.69, 9.17) is 0 Å². The molecule has 0 aromatic heterocycles. The monoisotopic (exact) mass is 294 g/mol. The van der Waals surface area contributed by atoms with Crippen LogP contribution in [0.4, 0.5) is 11.4 Å². The summed E-state index contributed by atoms with van der Waals surface area (Å²) < 4.78 is 0. The number of anilines is 2. The molecule has 2 aliphatic rings. The van der Waals surface area contributed by atoms with Gasteiger partial charge >= 0.3 is 0 Å². The Labute approximate surface area is 129 Å². The van der Waals surface area contributed by atoms with E-state index in [1.54, 1.807) is 4.90 Å². The van der Waals surface area contributed by atoms with Crippen LogP contribution in [-0.2, 0) is 0 Å². The number of fused-ring (bicyclic) bond motifs is 1. The quantitative estimate of drug-likeness (QED) is 0.895. The Bertz CT molecular complexity index is 753. The highest BCUT2D eigenvalue weighted by molar-refractivity contribution is 6.03. The molecule has 1 heterocycles. The Kier molecular flexibility index (Phi) is 2.94. The fourth-order valence-corrected chi connectivity index (χ4v) is 3.10. The normalized spacial score (nSPS) is 20.5. The molecule has 2 N–H and O–H groups in total. The number of amides is 1. The molecule has 1 aliphatic heterocycles. The molecule has 2 aromatic rings. The van der Waals surface area contributed by atoms with Crippen LogP contribution in [0.25, 0.3) is 0 Å². The lowest BCUT2D eigenvalue weighted by molar-refractivity contribution is 0.0771. The summed E-state index contributed by atoms with van der Waals surface area (Å²) >= 11 is 0. The number of rotatable bonds is 2. The average molecular weight is 294 g/mol. The number of aryl methyl sites for hydroxylation is 1. The molecular weight excluding hydrogens is 276 g/mol. The Morgan fingerprint density at radius 3 is 2.64 bits per heavy atom. The second-order valence-electron chi connectivity index (χ2n) is 6.05. The van der Waals surface area contributed by atoms with E-state index in [0.717, 1.165) is 16.9 Å². The van der Waals surface area contributed by atoms with E-state index in [0.29, 0.717) is 11.5 Å². The van der Waals surface area contributed by atoms with Gasteiger partial charge < -0.3 is 10.4 Å². The number of para-hydroxylation sites is 1. The van der Waals surface area contributed by atoms with Crippen LogP contribution in [-0.4, -0.2) is 17.4 Å². The number of carbonyl (C=O) groups is 1. The predicted octanol–water partition coefficient (Wildman–Crippen LogP) is 3.03. The molecule has 0 saturated heterocycles. The first-order valence-electron chi connectivity index (χ1n) is 7.63. The van der Waals surface area contributed by atoms with Crippen molar-refractivity contribution in [1.82, 2.24) is 5.32 Å². The number of hydrogen-bond donors (Lipinski definition) is 2. The van der Waals surface area contributed by atoms with Crippen LogP contribution in [0.2, 0.25) is 0 Å². The van der Waals surface area contributed by atoms with Crippen LogP contribution < -0.4 is 10.2 Å². The fraction of sp³-hybridized carbons (Fsp3) is 0.278. The third-order valence-electron chi connectivity index (χ3n) is 4.45. The van der Waals surface area contributed by atoms with Crippen molar-refractivity contribution in [3.8, 4) is 0 Å². The molecule has 112 valence electrons. The smallest absolute Gasteiger partial charge is 0.256 e. The summed E-state index contributed by atoms with van der Waals surface area (Å²) in [6, 6.07) is 13.8. The molecule has 22 heavy (non-hydrogen) atoms. The predicted molar refractivity (Wildman–Crippen MR) is 85.2 cm³/mol. The van der Waals surface area contributed by atoms with Crippen LogP contribution in [0.5, 0.6) is 0 Å². The number of benzene rings is 2. The zero-order valence-corrected chi connectivity index (χ0v) is 12.4. The maximum absolute atomic E-state index is 12.2. The van der Waals surface area contributed by atoms with Crippen LogP contribution in [0.1, 0.15) is 40.2 Å². The second kappa shape index (κ2) is 4.85. The minimum Gasteiger partial charge on any atom is -0.356 e. The topological polar surface area (TPSA) is 52.6 Å². The number of nitrogens with zero attached hydrogens (tertiary/aromatic N) is 1. The zero-order valence-electron chi connectivity index (χ0n) is 12.4. The van der Waals surface area contributed by atoms with Crippen molar-refractivity contribution in [3.05, 3.63) is 59.2 Å². The maximum Gasteiger partial charge on any atom is 0.256 e. The molecule has 1 fully saturated rings. The molecule has 4 rings (SSSR count). The van der Waals surface area contributed by atoms with Gasteiger partial charge in [-0.3, -0.25) is 9.69 Å². The third kappa shape index (κ3) is 2.07. The van der Waals surface area contributed by atoms with E-state index in [1.165, 1.54) is 18.4 Å². The highest BCUT2D eigenvalue weighted by Crippen LogP contribution is 2.43. The highest BCUT2D eigenvalue weighted by atomic mass is 16.3. The van der Waals surface area contributed by atoms with Gasteiger partial charge in [-0.2, -0.15) is 0 Å². The van der Waals surface area contributed by atoms with E-state index in [1.807, 2.05) is 43.3 Å². The van der Waals surface area contributed by atoms with Gasteiger partial charge in [-0.1, -0.05) is 24.3 Å². The van der Waals surface area contributed by atoms with E-state index in [2.05, 4.69) is 11.4 Å². The Morgan fingerprint density at radius 2 is 1.91 bits per heavy atom. The van der Waals surface area contributed by atoms with Gasteiger partial charge in [0.1, 0.15) is 0 Å². The van der Waals surface area contributed by atoms with E-state index < -0.39 is 6.35 Å².